The van der Waals surface area contributed by atoms with Crippen LogP contribution in [0, 0.1) is 11.8 Å². The standard InChI is InChI=1S/C16H28NO.HI/c1-13-6-7-14-10-15(13)16(18-12-14)11-17(2)8-4-3-5-9-17;/h6,14-16H,3-5,7-12H2,1-2H3;1H/q+1;/p-1. The van der Waals surface area contributed by atoms with Gasteiger partial charge in [-0.2, -0.15) is 0 Å². The molecule has 3 heteroatoms. The molecular formula is C16H28INO. The lowest BCUT2D eigenvalue weighted by molar-refractivity contribution is -0.917. The number of nitrogens with zero attached hydrogens (tertiary/aromatic N) is 1. The van der Waals surface area contributed by atoms with Gasteiger partial charge in [-0.25, -0.2) is 0 Å². The van der Waals surface area contributed by atoms with Crippen molar-refractivity contribution in [2.45, 2.75) is 45.1 Å². The van der Waals surface area contributed by atoms with E-state index in [0.29, 0.717) is 6.10 Å². The number of rotatable bonds is 2. The van der Waals surface area contributed by atoms with Crippen LogP contribution in [0.5, 0.6) is 0 Å². The SMILES string of the molecule is CC1=CCC2COC(C[N+]3(C)CCCCC3)C1C2.[I-]. The summed E-state index contributed by atoms with van der Waals surface area (Å²) in [7, 11) is 2.44. The molecule has 0 saturated carbocycles. The number of quaternary nitrogens is 1. The van der Waals surface area contributed by atoms with Crippen LogP contribution in [0.25, 0.3) is 0 Å². The van der Waals surface area contributed by atoms with Gasteiger partial charge < -0.3 is 33.2 Å². The van der Waals surface area contributed by atoms with Crippen LogP contribution in [0.3, 0.4) is 0 Å². The Labute approximate surface area is 135 Å². The van der Waals surface area contributed by atoms with Crippen molar-refractivity contribution >= 4 is 0 Å². The van der Waals surface area contributed by atoms with Crippen molar-refractivity contribution in [3.8, 4) is 0 Å². The summed E-state index contributed by atoms with van der Waals surface area (Å²) < 4.78 is 7.48. The number of halogens is 1. The highest BCUT2D eigenvalue weighted by atomic mass is 127. The first-order valence-corrected chi connectivity index (χ1v) is 7.78. The first kappa shape index (κ1) is 15.8. The van der Waals surface area contributed by atoms with Crippen LogP contribution in [0.4, 0.5) is 0 Å². The highest BCUT2D eigenvalue weighted by Gasteiger charge is 2.39. The Bertz CT molecular complexity index is 336. The molecule has 0 radical (unpaired) electrons. The highest BCUT2D eigenvalue weighted by Crippen LogP contribution is 2.38. The van der Waals surface area contributed by atoms with Crippen molar-refractivity contribution in [3.63, 3.8) is 0 Å². The molecule has 110 valence electrons. The molecule has 2 nitrogen and oxygen atoms in total. The molecule has 0 N–H and O–H groups in total. The normalized spacial score (nSPS) is 37.2. The Morgan fingerprint density at radius 3 is 2.74 bits per heavy atom. The Morgan fingerprint density at radius 1 is 1.26 bits per heavy atom. The van der Waals surface area contributed by atoms with E-state index in [4.69, 9.17) is 4.74 Å². The number of ether oxygens (including phenoxy) is 1. The van der Waals surface area contributed by atoms with Crippen LogP contribution >= 0.6 is 0 Å². The van der Waals surface area contributed by atoms with E-state index < -0.39 is 0 Å². The van der Waals surface area contributed by atoms with Crippen molar-refractivity contribution in [3.05, 3.63) is 11.6 Å². The van der Waals surface area contributed by atoms with E-state index in [-0.39, 0.29) is 24.0 Å². The smallest absolute Gasteiger partial charge is 0.113 e. The highest BCUT2D eigenvalue weighted by molar-refractivity contribution is 5.12. The molecule has 0 aromatic rings. The van der Waals surface area contributed by atoms with Crippen LogP contribution in [0.15, 0.2) is 11.6 Å². The van der Waals surface area contributed by atoms with Gasteiger partial charge in [-0.1, -0.05) is 11.6 Å². The third-order valence-corrected chi connectivity index (χ3v) is 5.46. The minimum atomic E-state index is 0. The molecule has 19 heavy (non-hydrogen) atoms. The van der Waals surface area contributed by atoms with Crippen molar-refractivity contribution in [1.29, 1.82) is 0 Å². The summed E-state index contributed by atoms with van der Waals surface area (Å²) in [6.45, 7) is 7.28. The van der Waals surface area contributed by atoms with E-state index in [1.165, 1.54) is 56.2 Å². The van der Waals surface area contributed by atoms with Crippen molar-refractivity contribution in [1.82, 2.24) is 0 Å². The summed E-state index contributed by atoms with van der Waals surface area (Å²) in [5.41, 5.74) is 1.60. The molecule has 3 atom stereocenters. The van der Waals surface area contributed by atoms with E-state index in [1.807, 2.05) is 0 Å². The second-order valence-electron chi connectivity index (χ2n) is 7.07. The minimum absolute atomic E-state index is 0. The molecule has 0 aromatic heterocycles. The maximum Gasteiger partial charge on any atom is 0.113 e. The van der Waals surface area contributed by atoms with Gasteiger partial charge in [0.2, 0.25) is 0 Å². The summed E-state index contributed by atoms with van der Waals surface area (Å²) in [4.78, 5) is 0. The predicted molar refractivity (Wildman–Crippen MR) is 74.3 cm³/mol. The number of hydrogen-bond donors (Lipinski definition) is 0. The van der Waals surface area contributed by atoms with E-state index in [9.17, 15) is 0 Å². The fourth-order valence-corrected chi connectivity index (χ4v) is 4.17. The number of likely N-dealkylation sites (tertiary alicyclic amines) is 1. The molecule has 2 fully saturated rings. The third kappa shape index (κ3) is 3.53. The van der Waals surface area contributed by atoms with Crippen LogP contribution < -0.4 is 24.0 Å². The Morgan fingerprint density at radius 2 is 2.00 bits per heavy atom. The molecule has 2 bridgehead atoms. The van der Waals surface area contributed by atoms with Gasteiger partial charge in [0.05, 0.1) is 26.7 Å². The van der Waals surface area contributed by atoms with Crippen LogP contribution in [-0.2, 0) is 4.74 Å². The Kier molecular flexibility index (Phi) is 5.34. The summed E-state index contributed by atoms with van der Waals surface area (Å²) in [5.74, 6) is 1.52. The molecule has 0 aromatic carbocycles. The first-order chi connectivity index (χ1) is 8.66. The maximum atomic E-state index is 6.23. The lowest BCUT2D eigenvalue weighted by Crippen LogP contribution is -3.00. The number of hydrogen-bond acceptors (Lipinski definition) is 1. The van der Waals surface area contributed by atoms with Gasteiger partial charge >= 0.3 is 0 Å². The summed E-state index contributed by atoms with van der Waals surface area (Å²) in [5, 5.41) is 0. The second kappa shape index (κ2) is 6.44. The maximum absolute atomic E-state index is 6.23. The fraction of sp³-hybridized carbons (Fsp3) is 0.875. The Balaban J connectivity index is 0.00000133. The van der Waals surface area contributed by atoms with Crippen molar-refractivity contribution in [2.75, 3.05) is 33.3 Å². The topological polar surface area (TPSA) is 9.23 Å². The zero-order chi connectivity index (χ0) is 12.6. The first-order valence-electron chi connectivity index (χ1n) is 7.78. The van der Waals surface area contributed by atoms with Crippen LogP contribution in [0.2, 0.25) is 0 Å². The minimum Gasteiger partial charge on any atom is -1.00 e. The molecule has 2 aliphatic heterocycles. The molecule has 0 amide bonds. The monoisotopic (exact) mass is 377 g/mol. The predicted octanol–water partition coefficient (Wildman–Crippen LogP) is -0.00780. The van der Waals surface area contributed by atoms with Crippen molar-refractivity contribution < 1.29 is 33.2 Å². The lowest BCUT2D eigenvalue weighted by atomic mass is 9.76. The number of likely N-dealkylation sites (N-methyl/N-ethyl adjacent to an activating group) is 1. The molecule has 3 aliphatic rings. The molecular weight excluding hydrogens is 349 g/mol. The Hall–Kier alpha value is 0.390. The van der Waals surface area contributed by atoms with Crippen LogP contribution in [-0.4, -0.2) is 43.9 Å². The number of allylic oxidation sites excluding steroid dienone is 1. The third-order valence-electron chi connectivity index (χ3n) is 5.46. The average Bonchev–Trinajstić information content (AvgIpc) is 2.37. The number of fused-ring (bicyclic) bond motifs is 2. The van der Waals surface area contributed by atoms with E-state index >= 15 is 0 Å². The van der Waals surface area contributed by atoms with Gasteiger partial charge in [-0.05, 0) is 44.9 Å². The summed E-state index contributed by atoms with van der Waals surface area (Å²) >= 11 is 0. The molecule has 1 aliphatic carbocycles. The molecule has 3 rings (SSSR count). The van der Waals surface area contributed by atoms with Gasteiger partial charge in [-0.3, -0.25) is 0 Å². The fourth-order valence-electron chi connectivity index (χ4n) is 4.17. The van der Waals surface area contributed by atoms with E-state index in [2.05, 4.69) is 20.0 Å². The van der Waals surface area contributed by atoms with Gasteiger partial charge in [0.15, 0.2) is 0 Å². The van der Waals surface area contributed by atoms with Crippen molar-refractivity contribution in [2.24, 2.45) is 11.8 Å². The van der Waals surface area contributed by atoms with Gasteiger partial charge in [0.25, 0.3) is 0 Å². The largest absolute Gasteiger partial charge is 1.00 e. The average molecular weight is 377 g/mol. The van der Waals surface area contributed by atoms with E-state index in [0.717, 1.165) is 18.4 Å². The number of piperidine rings is 1. The summed E-state index contributed by atoms with van der Waals surface area (Å²) in [6, 6.07) is 0. The summed E-state index contributed by atoms with van der Waals surface area (Å²) in [6.07, 6.45) is 9.85. The molecule has 2 heterocycles. The van der Waals surface area contributed by atoms with Gasteiger partial charge in [0.1, 0.15) is 12.6 Å². The molecule has 3 unspecified atom stereocenters. The molecule has 2 saturated heterocycles. The van der Waals surface area contributed by atoms with E-state index in [1.54, 1.807) is 5.57 Å². The second-order valence-corrected chi connectivity index (χ2v) is 7.07. The zero-order valence-electron chi connectivity index (χ0n) is 12.4. The lowest BCUT2D eigenvalue weighted by Gasteiger charge is -2.45. The van der Waals surface area contributed by atoms with Gasteiger partial charge in [0, 0.05) is 5.92 Å². The van der Waals surface area contributed by atoms with Crippen LogP contribution in [0.1, 0.15) is 39.0 Å². The zero-order valence-corrected chi connectivity index (χ0v) is 14.6. The quantitative estimate of drug-likeness (QED) is 0.374. The van der Waals surface area contributed by atoms with Gasteiger partial charge in [-0.15, -0.1) is 0 Å². The molecule has 0 spiro atoms.